The number of hydrogen-bond acceptors (Lipinski definition) is 8. The molecule has 1 heterocycles. The van der Waals surface area contributed by atoms with Crippen molar-refractivity contribution in [2.75, 3.05) is 28.4 Å². The van der Waals surface area contributed by atoms with Gasteiger partial charge in [-0.25, -0.2) is 4.79 Å². The summed E-state index contributed by atoms with van der Waals surface area (Å²) in [5.41, 5.74) is 0.688. The molecule has 3 rings (SSSR count). The zero-order valence-electron chi connectivity index (χ0n) is 20.6. The standard InChI is InChI=1S/C26H29NO8/c1-14(2)10-17(26(30)34-6)27-25(29)16-9-7-8-15(11-16)19-12-18(28)22-20(35-19)13-21(31-3)23(32-4)24(22)33-5/h7-9,11-14,17H,10H2,1-6H3,(H,27,29)/t17-/m0/s1. The van der Waals surface area contributed by atoms with E-state index in [4.69, 9.17) is 23.4 Å². The van der Waals surface area contributed by atoms with Crippen LogP contribution >= 0.6 is 0 Å². The van der Waals surface area contributed by atoms with Gasteiger partial charge in [-0.15, -0.1) is 0 Å². The topological polar surface area (TPSA) is 113 Å². The molecule has 2 aromatic carbocycles. The van der Waals surface area contributed by atoms with Gasteiger partial charge in [-0.05, 0) is 24.5 Å². The molecular weight excluding hydrogens is 454 g/mol. The van der Waals surface area contributed by atoms with Crippen molar-refractivity contribution in [1.82, 2.24) is 5.32 Å². The summed E-state index contributed by atoms with van der Waals surface area (Å²) in [5.74, 6) is 0.283. The minimum Gasteiger partial charge on any atom is -0.493 e. The van der Waals surface area contributed by atoms with Crippen LogP contribution in [0.4, 0.5) is 0 Å². The molecule has 0 aliphatic heterocycles. The quantitative estimate of drug-likeness (QED) is 0.457. The molecule has 1 atom stereocenters. The molecule has 0 bridgehead atoms. The van der Waals surface area contributed by atoms with Gasteiger partial charge in [0.1, 0.15) is 22.8 Å². The molecule has 0 spiro atoms. The Morgan fingerprint density at radius 2 is 1.69 bits per heavy atom. The minimum absolute atomic E-state index is 0.171. The summed E-state index contributed by atoms with van der Waals surface area (Å²) in [6.45, 7) is 3.90. The van der Waals surface area contributed by atoms with E-state index in [0.717, 1.165) is 0 Å². The van der Waals surface area contributed by atoms with Crippen LogP contribution in [0.2, 0.25) is 0 Å². The number of esters is 1. The number of ether oxygens (including phenoxy) is 4. The number of carbonyl (C=O) groups excluding carboxylic acids is 2. The summed E-state index contributed by atoms with van der Waals surface area (Å²) in [5, 5.41) is 2.93. The molecule has 9 heteroatoms. The molecule has 0 radical (unpaired) electrons. The maximum absolute atomic E-state index is 13.0. The smallest absolute Gasteiger partial charge is 0.328 e. The second-order valence-corrected chi connectivity index (χ2v) is 8.25. The van der Waals surface area contributed by atoms with E-state index in [9.17, 15) is 14.4 Å². The Bertz CT molecular complexity index is 1290. The summed E-state index contributed by atoms with van der Waals surface area (Å²) in [7, 11) is 5.62. The van der Waals surface area contributed by atoms with E-state index in [1.807, 2.05) is 13.8 Å². The number of amides is 1. The first kappa shape index (κ1) is 25.6. The van der Waals surface area contributed by atoms with E-state index in [1.54, 1.807) is 30.3 Å². The van der Waals surface area contributed by atoms with E-state index >= 15 is 0 Å². The van der Waals surface area contributed by atoms with Gasteiger partial charge in [-0.2, -0.15) is 0 Å². The van der Waals surface area contributed by atoms with Gasteiger partial charge in [0.25, 0.3) is 5.91 Å². The lowest BCUT2D eigenvalue weighted by molar-refractivity contribution is -0.143. The molecule has 0 saturated carbocycles. The Labute approximate surface area is 202 Å². The largest absolute Gasteiger partial charge is 0.493 e. The number of rotatable bonds is 9. The maximum atomic E-state index is 13.0. The third kappa shape index (κ3) is 5.40. The molecule has 35 heavy (non-hydrogen) atoms. The van der Waals surface area contributed by atoms with Gasteiger partial charge in [0.15, 0.2) is 16.9 Å². The van der Waals surface area contributed by atoms with Crippen LogP contribution < -0.4 is 25.0 Å². The van der Waals surface area contributed by atoms with Crippen LogP contribution in [-0.2, 0) is 9.53 Å². The molecule has 0 aliphatic rings. The van der Waals surface area contributed by atoms with Gasteiger partial charge >= 0.3 is 5.97 Å². The number of benzene rings is 2. The van der Waals surface area contributed by atoms with E-state index < -0.39 is 17.9 Å². The Morgan fingerprint density at radius 1 is 0.971 bits per heavy atom. The lowest BCUT2D eigenvalue weighted by atomic mass is 10.0. The molecule has 9 nitrogen and oxygen atoms in total. The van der Waals surface area contributed by atoms with E-state index in [-0.39, 0.29) is 39.6 Å². The molecule has 0 fully saturated rings. The van der Waals surface area contributed by atoms with Gasteiger partial charge in [-0.3, -0.25) is 9.59 Å². The predicted octanol–water partition coefficient (Wildman–Crippen LogP) is 3.80. The third-order valence-electron chi connectivity index (χ3n) is 5.43. The van der Waals surface area contributed by atoms with E-state index in [0.29, 0.717) is 23.3 Å². The fraction of sp³-hybridized carbons (Fsp3) is 0.346. The first-order valence-corrected chi connectivity index (χ1v) is 11.0. The Hall–Kier alpha value is -4.01. The van der Waals surface area contributed by atoms with Crippen molar-refractivity contribution < 1.29 is 33.0 Å². The van der Waals surface area contributed by atoms with Crippen LogP contribution in [-0.4, -0.2) is 46.4 Å². The van der Waals surface area contributed by atoms with Crippen LogP contribution in [0, 0.1) is 5.92 Å². The van der Waals surface area contributed by atoms with Gasteiger partial charge in [0.2, 0.25) is 5.75 Å². The lowest BCUT2D eigenvalue weighted by Crippen LogP contribution is -2.42. The number of nitrogens with one attached hydrogen (secondary N) is 1. The van der Waals surface area contributed by atoms with Crippen LogP contribution in [0.15, 0.2) is 45.6 Å². The fourth-order valence-corrected chi connectivity index (χ4v) is 3.81. The average molecular weight is 484 g/mol. The van der Waals surface area contributed by atoms with Crippen molar-refractivity contribution in [2.24, 2.45) is 5.92 Å². The Kier molecular flexibility index (Phi) is 8.01. The zero-order chi connectivity index (χ0) is 25.7. The van der Waals surface area contributed by atoms with Gasteiger partial charge in [0.05, 0.1) is 28.4 Å². The summed E-state index contributed by atoms with van der Waals surface area (Å²) in [4.78, 5) is 38.0. The SMILES string of the molecule is COC(=O)[C@H](CC(C)C)NC(=O)c1cccc(-c2cc(=O)c3c(OC)c(OC)c(OC)cc3o2)c1. The van der Waals surface area contributed by atoms with Crippen molar-refractivity contribution in [3.8, 4) is 28.6 Å². The van der Waals surface area contributed by atoms with Crippen molar-refractivity contribution in [2.45, 2.75) is 26.3 Å². The Balaban J connectivity index is 2.03. The molecule has 1 N–H and O–H groups in total. The maximum Gasteiger partial charge on any atom is 0.328 e. The number of methoxy groups -OCH3 is 4. The highest BCUT2D eigenvalue weighted by molar-refractivity contribution is 5.98. The van der Waals surface area contributed by atoms with Crippen LogP contribution in [0.5, 0.6) is 17.2 Å². The monoisotopic (exact) mass is 483 g/mol. The van der Waals surface area contributed by atoms with Gasteiger partial charge in [-0.1, -0.05) is 26.0 Å². The highest BCUT2D eigenvalue weighted by Crippen LogP contribution is 2.42. The molecule has 3 aromatic rings. The van der Waals surface area contributed by atoms with Crippen molar-refractivity contribution in [3.05, 3.63) is 52.2 Å². The normalized spacial score (nSPS) is 11.7. The molecule has 186 valence electrons. The number of fused-ring (bicyclic) bond motifs is 1. The van der Waals surface area contributed by atoms with Crippen molar-refractivity contribution in [1.29, 1.82) is 0 Å². The van der Waals surface area contributed by atoms with Crippen LogP contribution in [0.1, 0.15) is 30.6 Å². The highest BCUT2D eigenvalue weighted by atomic mass is 16.5. The number of carbonyl (C=O) groups is 2. The predicted molar refractivity (Wildman–Crippen MR) is 130 cm³/mol. The molecule has 0 aliphatic carbocycles. The fourth-order valence-electron chi connectivity index (χ4n) is 3.81. The van der Waals surface area contributed by atoms with Gasteiger partial charge in [0, 0.05) is 23.3 Å². The highest BCUT2D eigenvalue weighted by Gasteiger charge is 2.24. The molecule has 1 aromatic heterocycles. The summed E-state index contributed by atoms with van der Waals surface area (Å²) >= 11 is 0. The molecule has 0 saturated heterocycles. The number of hydrogen-bond donors (Lipinski definition) is 1. The summed E-state index contributed by atoms with van der Waals surface area (Å²) < 4.78 is 26.9. The molecule has 0 unspecified atom stereocenters. The Morgan fingerprint density at radius 3 is 2.29 bits per heavy atom. The van der Waals surface area contributed by atoms with E-state index in [2.05, 4.69) is 5.32 Å². The lowest BCUT2D eigenvalue weighted by Gasteiger charge is -2.18. The zero-order valence-corrected chi connectivity index (χ0v) is 20.6. The van der Waals surface area contributed by atoms with Gasteiger partial charge < -0.3 is 28.7 Å². The molecule has 1 amide bonds. The second kappa shape index (κ2) is 10.9. The van der Waals surface area contributed by atoms with E-state index in [1.165, 1.54) is 34.5 Å². The molecular formula is C26H29NO8. The average Bonchev–Trinajstić information content (AvgIpc) is 2.85. The first-order valence-electron chi connectivity index (χ1n) is 11.0. The second-order valence-electron chi connectivity index (χ2n) is 8.25. The first-order chi connectivity index (χ1) is 16.7. The third-order valence-corrected chi connectivity index (χ3v) is 5.43. The van der Waals surface area contributed by atoms with Crippen LogP contribution in [0.3, 0.4) is 0 Å². The van der Waals surface area contributed by atoms with Crippen molar-refractivity contribution in [3.63, 3.8) is 0 Å². The minimum atomic E-state index is -0.773. The van der Waals surface area contributed by atoms with Crippen molar-refractivity contribution >= 4 is 22.8 Å². The van der Waals surface area contributed by atoms with Crippen LogP contribution in [0.25, 0.3) is 22.3 Å². The summed E-state index contributed by atoms with van der Waals surface area (Å²) in [6, 6.07) is 8.67. The summed E-state index contributed by atoms with van der Waals surface area (Å²) in [6.07, 6.45) is 0.435.